The van der Waals surface area contributed by atoms with Crippen LogP contribution in [0.3, 0.4) is 0 Å². The van der Waals surface area contributed by atoms with E-state index in [0.717, 1.165) is 7.11 Å². The molecule has 0 aromatic heterocycles. The quantitative estimate of drug-likeness (QED) is 0.625. The number of amides is 2. The Morgan fingerprint density at radius 2 is 1.69 bits per heavy atom. The van der Waals surface area contributed by atoms with Crippen LogP contribution in [0, 0.1) is 5.82 Å². The number of halogens is 1. The van der Waals surface area contributed by atoms with Gasteiger partial charge in [-0.25, -0.2) is 9.18 Å². The van der Waals surface area contributed by atoms with E-state index in [1.165, 1.54) is 25.1 Å². The SMILES string of the molecule is COC(=O)[C@@H](CC(=O)OC(C)(C)C)NC(=O)[C@H](Cc1ccccc1F)NC(C)=O. The number of carbonyl (C=O) groups is 4. The summed E-state index contributed by atoms with van der Waals surface area (Å²) in [5, 5.41) is 4.80. The molecule has 1 aromatic carbocycles. The van der Waals surface area contributed by atoms with Crippen LogP contribution in [0.5, 0.6) is 0 Å². The Hall–Kier alpha value is -2.97. The predicted molar refractivity (Wildman–Crippen MR) is 102 cm³/mol. The van der Waals surface area contributed by atoms with E-state index in [0.29, 0.717) is 0 Å². The van der Waals surface area contributed by atoms with Crippen LogP contribution < -0.4 is 10.6 Å². The highest BCUT2D eigenvalue weighted by Crippen LogP contribution is 2.12. The first-order valence-electron chi connectivity index (χ1n) is 9.03. The van der Waals surface area contributed by atoms with Gasteiger partial charge in [0.2, 0.25) is 11.8 Å². The van der Waals surface area contributed by atoms with Crippen molar-refractivity contribution in [2.45, 2.75) is 58.2 Å². The molecule has 2 amide bonds. The van der Waals surface area contributed by atoms with Crippen LogP contribution in [-0.4, -0.2) is 48.5 Å². The third kappa shape index (κ3) is 8.71. The average molecular weight is 410 g/mol. The van der Waals surface area contributed by atoms with Crippen LogP contribution in [0.25, 0.3) is 0 Å². The molecule has 9 heteroatoms. The lowest BCUT2D eigenvalue weighted by molar-refractivity contribution is -0.159. The number of carbonyl (C=O) groups excluding carboxylic acids is 4. The minimum Gasteiger partial charge on any atom is -0.467 e. The van der Waals surface area contributed by atoms with Gasteiger partial charge in [0, 0.05) is 13.3 Å². The lowest BCUT2D eigenvalue weighted by Gasteiger charge is -2.24. The molecule has 0 bridgehead atoms. The van der Waals surface area contributed by atoms with Crippen LogP contribution in [-0.2, 0) is 35.1 Å². The number of rotatable bonds is 8. The van der Waals surface area contributed by atoms with Crippen molar-refractivity contribution < 1.29 is 33.0 Å². The molecule has 1 aromatic rings. The van der Waals surface area contributed by atoms with Gasteiger partial charge in [-0.3, -0.25) is 14.4 Å². The molecule has 29 heavy (non-hydrogen) atoms. The normalized spacial score (nSPS) is 13.0. The summed E-state index contributed by atoms with van der Waals surface area (Å²) in [7, 11) is 1.11. The number of benzene rings is 1. The van der Waals surface area contributed by atoms with E-state index < -0.39 is 53.7 Å². The summed E-state index contributed by atoms with van der Waals surface area (Å²) in [6.45, 7) is 6.20. The molecule has 0 saturated heterocycles. The predicted octanol–water partition coefficient (Wildman–Crippen LogP) is 1.26. The van der Waals surface area contributed by atoms with Crippen LogP contribution in [0.15, 0.2) is 24.3 Å². The molecular weight excluding hydrogens is 383 g/mol. The molecule has 2 N–H and O–H groups in total. The van der Waals surface area contributed by atoms with E-state index in [1.54, 1.807) is 26.8 Å². The fourth-order valence-electron chi connectivity index (χ4n) is 2.50. The maximum Gasteiger partial charge on any atom is 0.328 e. The molecule has 0 heterocycles. The van der Waals surface area contributed by atoms with E-state index in [-0.39, 0.29) is 12.0 Å². The van der Waals surface area contributed by atoms with Crippen molar-refractivity contribution in [3.63, 3.8) is 0 Å². The highest BCUT2D eigenvalue weighted by molar-refractivity contribution is 5.92. The molecule has 8 nitrogen and oxygen atoms in total. The number of esters is 2. The van der Waals surface area contributed by atoms with Crippen molar-refractivity contribution in [1.29, 1.82) is 0 Å². The van der Waals surface area contributed by atoms with Crippen LogP contribution in [0.4, 0.5) is 4.39 Å². The van der Waals surface area contributed by atoms with E-state index in [4.69, 9.17) is 4.74 Å². The highest BCUT2D eigenvalue weighted by Gasteiger charge is 2.30. The van der Waals surface area contributed by atoms with Gasteiger partial charge < -0.3 is 20.1 Å². The summed E-state index contributed by atoms with van der Waals surface area (Å²) in [6.07, 6.45) is -0.597. The molecule has 0 unspecified atom stereocenters. The lowest BCUT2D eigenvalue weighted by Crippen LogP contribution is -2.53. The van der Waals surface area contributed by atoms with Gasteiger partial charge in [0.1, 0.15) is 23.5 Å². The lowest BCUT2D eigenvalue weighted by atomic mass is 10.0. The summed E-state index contributed by atoms with van der Waals surface area (Å²) in [5.74, 6) is -3.37. The minimum absolute atomic E-state index is 0.140. The highest BCUT2D eigenvalue weighted by atomic mass is 19.1. The molecule has 0 fully saturated rings. The van der Waals surface area contributed by atoms with Crippen molar-refractivity contribution in [2.24, 2.45) is 0 Å². The van der Waals surface area contributed by atoms with E-state index in [9.17, 15) is 23.6 Å². The Morgan fingerprint density at radius 1 is 1.07 bits per heavy atom. The Bertz CT molecular complexity index is 760. The smallest absolute Gasteiger partial charge is 0.328 e. The van der Waals surface area contributed by atoms with E-state index in [2.05, 4.69) is 15.4 Å². The number of methoxy groups -OCH3 is 1. The summed E-state index contributed by atoms with van der Waals surface area (Å²) < 4.78 is 23.7. The van der Waals surface area contributed by atoms with Gasteiger partial charge in [-0.15, -0.1) is 0 Å². The molecule has 0 spiro atoms. The van der Waals surface area contributed by atoms with Crippen molar-refractivity contribution >= 4 is 23.8 Å². The Kier molecular flexibility index (Phi) is 8.75. The van der Waals surface area contributed by atoms with Crippen molar-refractivity contribution in [1.82, 2.24) is 10.6 Å². The maximum atomic E-state index is 13.9. The van der Waals surface area contributed by atoms with Crippen LogP contribution in [0.1, 0.15) is 39.7 Å². The van der Waals surface area contributed by atoms with Gasteiger partial charge >= 0.3 is 11.9 Å². The zero-order chi connectivity index (χ0) is 22.2. The molecule has 0 saturated carbocycles. The van der Waals surface area contributed by atoms with Crippen molar-refractivity contribution in [2.75, 3.05) is 7.11 Å². The van der Waals surface area contributed by atoms with Crippen LogP contribution in [0.2, 0.25) is 0 Å². The monoisotopic (exact) mass is 410 g/mol. The molecule has 0 aliphatic heterocycles. The molecule has 0 aliphatic carbocycles. The summed E-state index contributed by atoms with van der Waals surface area (Å²) >= 11 is 0. The molecule has 0 aliphatic rings. The van der Waals surface area contributed by atoms with Gasteiger partial charge in [-0.1, -0.05) is 18.2 Å². The molecule has 2 atom stereocenters. The second-order valence-electron chi connectivity index (χ2n) is 7.42. The van der Waals surface area contributed by atoms with Gasteiger partial charge in [0.05, 0.1) is 13.5 Å². The maximum absolute atomic E-state index is 13.9. The first kappa shape index (κ1) is 24.1. The van der Waals surface area contributed by atoms with E-state index >= 15 is 0 Å². The molecule has 0 radical (unpaired) electrons. The van der Waals surface area contributed by atoms with Crippen molar-refractivity contribution in [3.05, 3.63) is 35.6 Å². The summed E-state index contributed by atoms with van der Waals surface area (Å²) in [4.78, 5) is 48.2. The van der Waals surface area contributed by atoms with Gasteiger partial charge in [0.15, 0.2) is 0 Å². The average Bonchev–Trinajstić information content (AvgIpc) is 2.59. The zero-order valence-corrected chi connectivity index (χ0v) is 17.2. The Balaban J connectivity index is 2.96. The van der Waals surface area contributed by atoms with Gasteiger partial charge in [-0.2, -0.15) is 0 Å². The Morgan fingerprint density at radius 3 is 2.21 bits per heavy atom. The number of hydrogen-bond donors (Lipinski definition) is 2. The second kappa shape index (κ2) is 10.5. The van der Waals surface area contributed by atoms with E-state index in [1.807, 2.05) is 0 Å². The largest absolute Gasteiger partial charge is 0.467 e. The number of hydrogen-bond acceptors (Lipinski definition) is 6. The molecule has 1 rings (SSSR count). The summed E-state index contributed by atoms with van der Waals surface area (Å²) in [5.41, 5.74) is -0.561. The fourth-order valence-corrected chi connectivity index (χ4v) is 2.50. The zero-order valence-electron chi connectivity index (χ0n) is 17.2. The fraction of sp³-hybridized carbons (Fsp3) is 0.500. The second-order valence-corrected chi connectivity index (χ2v) is 7.42. The van der Waals surface area contributed by atoms with Gasteiger partial charge in [0.25, 0.3) is 0 Å². The van der Waals surface area contributed by atoms with Gasteiger partial charge in [-0.05, 0) is 32.4 Å². The number of nitrogens with one attached hydrogen (secondary N) is 2. The minimum atomic E-state index is -1.32. The summed E-state index contributed by atoms with van der Waals surface area (Å²) in [6, 6.07) is 3.34. The standard InChI is InChI=1S/C20H27FN2O6/c1-12(24)22-15(10-13-8-6-7-9-14(13)21)18(26)23-16(19(27)28-5)11-17(25)29-20(2,3)4/h6-9,15-16H,10-11H2,1-5H3,(H,22,24)(H,23,26)/t15-,16+/m0/s1. The third-order valence-corrected chi connectivity index (χ3v) is 3.67. The first-order valence-corrected chi connectivity index (χ1v) is 9.03. The third-order valence-electron chi connectivity index (χ3n) is 3.67. The van der Waals surface area contributed by atoms with Crippen molar-refractivity contribution in [3.8, 4) is 0 Å². The van der Waals surface area contributed by atoms with Crippen LogP contribution >= 0.6 is 0 Å². The number of ether oxygens (including phenoxy) is 2. The Labute approximate surface area is 169 Å². The first-order chi connectivity index (χ1) is 13.4. The molecular formula is C20H27FN2O6. The topological polar surface area (TPSA) is 111 Å². The molecule has 160 valence electrons.